The summed E-state index contributed by atoms with van der Waals surface area (Å²) in [6, 6.07) is 15.8. The maximum absolute atomic E-state index is 12.0. The number of nitrogens with zero attached hydrogens (tertiary/aromatic N) is 5. The van der Waals surface area contributed by atoms with Gasteiger partial charge in [0.1, 0.15) is 18.0 Å². The largest absolute Gasteiger partial charge is 0.490 e. The van der Waals surface area contributed by atoms with E-state index in [0.717, 1.165) is 35.0 Å². The third-order valence-electron chi connectivity index (χ3n) is 6.08. The number of aliphatic carboxylic acids is 1. The van der Waals surface area contributed by atoms with Gasteiger partial charge >= 0.3 is 18.1 Å². The number of carbonyl (C=O) groups is 2. The molecule has 1 aliphatic rings. The number of alkyl halides is 3. The summed E-state index contributed by atoms with van der Waals surface area (Å²) >= 11 is 0. The molecule has 0 bridgehead atoms. The zero-order valence-corrected chi connectivity index (χ0v) is 21.0. The molecule has 13 heteroatoms. The number of nitrogens with one attached hydrogen (secondary N) is 1. The Morgan fingerprint density at radius 1 is 1.13 bits per heavy atom. The number of esters is 1. The minimum atomic E-state index is -5.08. The summed E-state index contributed by atoms with van der Waals surface area (Å²) < 4.78 is 38.3. The van der Waals surface area contributed by atoms with Gasteiger partial charge in [-0.3, -0.25) is 0 Å². The van der Waals surface area contributed by atoms with Crippen LogP contribution in [0.3, 0.4) is 0 Å². The van der Waals surface area contributed by atoms with Crippen LogP contribution in [0.2, 0.25) is 0 Å². The Hall–Kier alpha value is -4.68. The third-order valence-corrected chi connectivity index (χ3v) is 6.08. The number of rotatable bonds is 5. The van der Waals surface area contributed by atoms with Gasteiger partial charge in [0.2, 0.25) is 0 Å². The maximum atomic E-state index is 12.0. The molecule has 0 aliphatic carbocycles. The molecule has 0 amide bonds. The summed E-state index contributed by atoms with van der Waals surface area (Å²) in [5.41, 5.74) is 3.73. The predicted octanol–water partition coefficient (Wildman–Crippen LogP) is 4.94. The highest BCUT2D eigenvalue weighted by Crippen LogP contribution is 2.29. The molecule has 4 aromatic rings. The molecule has 10 nitrogen and oxygen atoms in total. The van der Waals surface area contributed by atoms with E-state index in [2.05, 4.69) is 27.2 Å². The van der Waals surface area contributed by atoms with Crippen molar-refractivity contribution in [1.82, 2.24) is 19.6 Å². The summed E-state index contributed by atoms with van der Waals surface area (Å²) in [5.74, 6) is -1.41. The number of hydrogen-bond acceptors (Lipinski definition) is 8. The zero-order chi connectivity index (χ0) is 28.2. The van der Waals surface area contributed by atoms with Crippen LogP contribution in [0.5, 0.6) is 0 Å². The molecule has 0 spiro atoms. The molecule has 204 valence electrons. The molecular formula is C26H25F3N6O4. The number of halogens is 3. The SMILES string of the molecule is COC(=O)c1cccc(-c2cc(Nc3cccc(N4CCCC4C)n3)c3ncnn3c2)c1.O=C(O)C(F)(F)F. The lowest BCUT2D eigenvalue weighted by atomic mass is 10.0. The number of fused-ring (bicyclic) bond motifs is 1. The van der Waals surface area contributed by atoms with Crippen LogP contribution in [0.15, 0.2) is 61.1 Å². The summed E-state index contributed by atoms with van der Waals surface area (Å²) in [6.07, 6.45) is 0.699. The number of methoxy groups -OCH3 is 1. The second kappa shape index (κ2) is 11.4. The summed E-state index contributed by atoms with van der Waals surface area (Å²) in [5, 5.41) is 14.9. The van der Waals surface area contributed by atoms with Crippen molar-refractivity contribution in [2.45, 2.75) is 32.0 Å². The van der Waals surface area contributed by atoms with Crippen molar-refractivity contribution in [3.8, 4) is 11.1 Å². The number of hydrogen-bond donors (Lipinski definition) is 2. The van der Waals surface area contributed by atoms with Gasteiger partial charge in [0.05, 0.1) is 18.4 Å². The molecule has 1 aliphatic heterocycles. The fourth-order valence-electron chi connectivity index (χ4n) is 4.18. The highest BCUT2D eigenvalue weighted by Gasteiger charge is 2.38. The van der Waals surface area contributed by atoms with Gasteiger partial charge in [0, 0.05) is 24.3 Å². The number of pyridine rings is 2. The van der Waals surface area contributed by atoms with Gasteiger partial charge in [-0.2, -0.15) is 18.3 Å². The van der Waals surface area contributed by atoms with Crippen molar-refractivity contribution in [1.29, 1.82) is 0 Å². The lowest BCUT2D eigenvalue weighted by molar-refractivity contribution is -0.192. The van der Waals surface area contributed by atoms with Crippen LogP contribution in [0.25, 0.3) is 16.8 Å². The smallest absolute Gasteiger partial charge is 0.475 e. The fraction of sp³-hybridized carbons (Fsp3) is 0.269. The van der Waals surface area contributed by atoms with Crippen LogP contribution >= 0.6 is 0 Å². The molecule has 1 aromatic carbocycles. The van der Waals surface area contributed by atoms with E-state index in [0.29, 0.717) is 17.3 Å². The van der Waals surface area contributed by atoms with Gasteiger partial charge in [-0.05, 0) is 55.7 Å². The van der Waals surface area contributed by atoms with Gasteiger partial charge in [-0.15, -0.1) is 0 Å². The summed E-state index contributed by atoms with van der Waals surface area (Å²) in [4.78, 5) is 32.4. The second-order valence-corrected chi connectivity index (χ2v) is 8.74. The van der Waals surface area contributed by atoms with E-state index in [1.807, 2.05) is 42.6 Å². The number of carboxylic acid groups (broad SMARTS) is 1. The van der Waals surface area contributed by atoms with Crippen molar-refractivity contribution in [2.24, 2.45) is 0 Å². The second-order valence-electron chi connectivity index (χ2n) is 8.74. The Bertz CT molecular complexity index is 1490. The number of carboxylic acids is 1. The monoisotopic (exact) mass is 542 g/mol. The Kier molecular flexibility index (Phi) is 7.98. The van der Waals surface area contributed by atoms with E-state index >= 15 is 0 Å². The van der Waals surface area contributed by atoms with Crippen LogP contribution < -0.4 is 10.2 Å². The first-order valence-corrected chi connectivity index (χ1v) is 11.9. The zero-order valence-electron chi connectivity index (χ0n) is 21.0. The van der Waals surface area contributed by atoms with Crippen molar-refractivity contribution in [2.75, 3.05) is 23.9 Å². The molecule has 1 saturated heterocycles. The molecule has 3 aromatic heterocycles. The van der Waals surface area contributed by atoms with E-state index in [4.69, 9.17) is 19.6 Å². The molecule has 0 saturated carbocycles. The van der Waals surface area contributed by atoms with Crippen molar-refractivity contribution in [3.63, 3.8) is 0 Å². The Balaban J connectivity index is 0.000000448. The molecule has 0 radical (unpaired) electrons. The van der Waals surface area contributed by atoms with Crippen LogP contribution in [-0.4, -0.2) is 62.5 Å². The van der Waals surface area contributed by atoms with E-state index in [9.17, 15) is 18.0 Å². The molecule has 4 heterocycles. The molecule has 39 heavy (non-hydrogen) atoms. The highest BCUT2D eigenvalue weighted by molar-refractivity contribution is 5.91. The topological polar surface area (TPSA) is 122 Å². The Morgan fingerprint density at radius 2 is 1.87 bits per heavy atom. The first-order chi connectivity index (χ1) is 18.6. The number of anilines is 3. The molecule has 1 fully saturated rings. The first kappa shape index (κ1) is 27.4. The van der Waals surface area contributed by atoms with E-state index in [1.54, 1.807) is 16.6 Å². The van der Waals surface area contributed by atoms with Crippen LogP contribution in [0, 0.1) is 0 Å². The van der Waals surface area contributed by atoms with Gasteiger partial charge in [-0.1, -0.05) is 18.2 Å². The summed E-state index contributed by atoms with van der Waals surface area (Å²) in [6.45, 7) is 3.26. The van der Waals surface area contributed by atoms with Crippen LogP contribution in [-0.2, 0) is 9.53 Å². The molecule has 1 atom stereocenters. The molecular weight excluding hydrogens is 517 g/mol. The van der Waals surface area contributed by atoms with E-state index in [1.165, 1.54) is 26.3 Å². The van der Waals surface area contributed by atoms with Gasteiger partial charge in [0.15, 0.2) is 5.65 Å². The normalized spacial score (nSPS) is 15.0. The molecule has 2 N–H and O–H groups in total. The van der Waals surface area contributed by atoms with Gasteiger partial charge < -0.3 is 20.1 Å². The number of carbonyl (C=O) groups excluding carboxylic acids is 1. The maximum Gasteiger partial charge on any atom is 0.490 e. The number of ether oxygens (including phenoxy) is 1. The average molecular weight is 543 g/mol. The van der Waals surface area contributed by atoms with E-state index < -0.39 is 12.1 Å². The lowest BCUT2D eigenvalue weighted by Crippen LogP contribution is -2.27. The minimum absolute atomic E-state index is 0.371. The summed E-state index contributed by atoms with van der Waals surface area (Å²) in [7, 11) is 1.38. The third kappa shape index (κ3) is 6.43. The van der Waals surface area contributed by atoms with Gasteiger partial charge in [0.25, 0.3) is 0 Å². The number of benzene rings is 1. The predicted molar refractivity (Wildman–Crippen MR) is 137 cm³/mol. The van der Waals surface area contributed by atoms with E-state index in [-0.39, 0.29) is 5.97 Å². The van der Waals surface area contributed by atoms with Crippen LogP contribution in [0.1, 0.15) is 30.1 Å². The van der Waals surface area contributed by atoms with Crippen molar-refractivity contribution < 1.29 is 32.6 Å². The molecule has 5 rings (SSSR count). The van der Waals surface area contributed by atoms with Crippen LogP contribution in [0.4, 0.5) is 30.5 Å². The highest BCUT2D eigenvalue weighted by atomic mass is 19.4. The molecule has 1 unspecified atom stereocenters. The quantitative estimate of drug-likeness (QED) is 0.338. The Morgan fingerprint density at radius 3 is 2.54 bits per heavy atom. The minimum Gasteiger partial charge on any atom is -0.475 e. The fourth-order valence-corrected chi connectivity index (χ4v) is 4.18. The number of aromatic nitrogens is 4. The first-order valence-electron chi connectivity index (χ1n) is 11.9. The van der Waals surface area contributed by atoms with Gasteiger partial charge in [-0.25, -0.2) is 24.1 Å². The lowest BCUT2D eigenvalue weighted by Gasteiger charge is -2.23. The van der Waals surface area contributed by atoms with Crippen molar-refractivity contribution >= 4 is 34.9 Å². The van der Waals surface area contributed by atoms with Crippen molar-refractivity contribution in [3.05, 3.63) is 66.6 Å². The Labute approximate surface area is 221 Å². The standard InChI is InChI=1S/C24H24N6O2.C2HF3O2/c1-16-6-5-11-29(16)22-10-4-9-21(28-22)27-20-13-19(14-30-23(20)25-15-26-30)17-7-3-8-18(12-17)24(31)32-2;3-2(4,5)1(6)7/h3-4,7-10,12-16H,5-6,11H2,1-2H3,(H,27,28);(H,6,7). The average Bonchev–Trinajstić information content (AvgIpc) is 3.57.